The van der Waals surface area contributed by atoms with Gasteiger partial charge in [-0.05, 0) is 29.2 Å². The van der Waals surface area contributed by atoms with Gasteiger partial charge >= 0.3 is 0 Å². The van der Waals surface area contributed by atoms with Crippen LogP contribution in [0.15, 0.2) is 77.2 Å². The highest BCUT2D eigenvalue weighted by Crippen LogP contribution is 2.27. The second-order valence-corrected chi connectivity index (χ2v) is 5.11. The molecule has 0 radical (unpaired) electrons. The number of benzene rings is 2. The van der Waals surface area contributed by atoms with Crippen molar-refractivity contribution in [2.24, 2.45) is 0 Å². The lowest BCUT2D eigenvalue weighted by Crippen LogP contribution is -1.79. The van der Waals surface area contributed by atoms with Crippen molar-refractivity contribution >= 4 is 28.7 Å². The fourth-order valence-electron chi connectivity index (χ4n) is 1.92. The largest absolute Gasteiger partial charge is 0.255 e. The van der Waals surface area contributed by atoms with E-state index in [0.717, 1.165) is 5.52 Å². The minimum Gasteiger partial charge on any atom is -0.255 e. The molecule has 0 amide bonds. The van der Waals surface area contributed by atoms with E-state index in [0.29, 0.717) is 0 Å². The number of aromatic nitrogens is 1. The predicted octanol–water partition coefficient (Wildman–Crippen LogP) is 5.00. The Balaban J connectivity index is 1.84. The van der Waals surface area contributed by atoms with E-state index in [-0.39, 0.29) is 0 Å². The van der Waals surface area contributed by atoms with Crippen LogP contribution in [0, 0.1) is 0 Å². The molecule has 0 N–H and O–H groups in total. The Morgan fingerprint density at radius 1 is 0.842 bits per heavy atom. The zero-order chi connectivity index (χ0) is 12.9. The molecule has 1 heterocycles. The third-order valence-electron chi connectivity index (χ3n) is 2.85. The Kier molecular flexibility index (Phi) is 3.61. The maximum Gasteiger partial charge on any atom is 0.0841 e. The van der Waals surface area contributed by atoms with E-state index in [4.69, 9.17) is 0 Å². The Morgan fingerprint density at radius 3 is 2.58 bits per heavy atom. The molecule has 2 heteroatoms. The Bertz CT molecular complexity index is 699. The van der Waals surface area contributed by atoms with E-state index in [1.54, 1.807) is 11.8 Å². The van der Waals surface area contributed by atoms with E-state index in [9.17, 15) is 0 Å². The summed E-state index contributed by atoms with van der Waals surface area (Å²) >= 11 is 1.70. The van der Waals surface area contributed by atoms with Gasteiger partial charge in [-0.25, -0.2) is 0 Å². The number of hydrogen-bond donors (Lipinski definition) is 0. The van der Waals surface area contributed by atoms with Crippen molar-refractivity contribution in [3.63, 3.8) is 0 Å². The van der Waals surface area contributed by atoms with Crippen molar-refractivity contribution in [1.82, 2.24) is 4.98 Å². The van der Waals surface area contributed by atoms with Gasteiger partial charge in [0.2, 0.25) is 0 Å². The zero-order valence-corrected chi connectivity index (χ0v) is 11.2. The first-order chi connectivity index (χ1) is 9.43. The van der Waals surface area contributed by atoms with Gasteiger partial charge in [-0.15, -0.1) is 0 Å². The number of thioether (sulfide) groups is 1. The van der Waals surface area contributed by atoms with Gasteiger partial charge in [0.15, 0.2) is 0 Å². The molecule has 0 atom stereocenters. The van der Waals surface area contributed by atoms with Gasteiger partial charge in [0.05, 0.1) is 5.52 Å². The lowest BCUT2D eigenvalue weighted by atomic mass is 10.2. The Hall–Kier alpha value is -2.06. The summed E-state index contributed by atoms with van der Waals surface area (Å²) in [6.07, 6.45) is 3.96. The first-order valence-electron chi connectivity index (χ1n) is 6.15. The number of nitrogens with zero attached hydrogens (tertiary/aromatic N) is 1. The highest BCUT2D eigenvalue weighted by atomic mass is 32.2. The van der Waals surface area contributed by atoms with Crippen LogP contribution in [-0.4, -0.2) is 4.98 Å². The van der Waals surface area contributed by atoms with Gasteiger partial charge in [0.25, 0.3) is 0 Å². The van der Waals surface area contributed by atoms with Gasteiger partial charge < -0.3 is 0 Å². The Labute approximate surface area is 117 Å². The molecule has 0 spiro atoms. The molecule has 92 valence electrons. The minimum atomic E-state index is 1.06. The predicted molar refractivity (Wildman–Crippen MR) is 83.1 cm³/mol. The molecule has 0 fully saturated rings. The average molecular weight is 263 g/mol. The molecule has 1 aromatic heterocycles. The topological polar surface area (TPSA) is 12.9 Å². The van der Waals surface area contributed by atoms with Crippen LogP contribution in [0.5, 0.6) is 0 Å². The van der Waals surface area contributed by atoms with Crippen molar-refractivity contribution in [2.75, 3.05) is 0 Å². The van der Waals surface area contributed by atoms with E-state index in [2.05, 4.69) is 52.9 Å². The molecule has 0 aliphatic heterocycles. The zero-order valence-electron chi connectivity index (χ0n) is 10.4. The van der Waals surface area contributed by atoms with Crippen molar-refractivity contribution < 1.29 is 0 Å². The molecule has 0 saturated heterocycles. The van der Waals surface area contributed by atoms with Crippen molar-refractivity contribution in [1.29, 1.82) is 0 Å². The maximum atomic E-state index is 4.45. The van der Waals surface area contributed by atoms with E-state index in [1.807, 2.05) is 30.5 Å². The highest BCUT2D eigenvalue weighted by Gasteiger charge is 1.99. The first kappa shape index (κ1) is 12.0. The second-order valence-electron chi connectivity index (χ2n) is 4.16. The van der Waals surface area contributed by atoms with Gasteiger partial charge in [-0.3, -0.25) is 4.98 Å². The molecule has 0 unspecified atom stereocenters. The summed E-state index contributed by atoms with van der Waals surface area (Å²) in [5, 5.41) is 3.29. The molecule has 0 aliphatic carbocycles. The van der Waals surface area contributed by atoms with Crippen molar-refractivity contribution in [2.45, 2.75) is 4.90 Å². The molecule has 0 saturated carbocycles. The number of rotatable bonds is 3. The van der Waals surface area contributed by atoms with Gasteiger partial charge in [0, 0.05) is 16.5 Å². The van der Waals surface area contributed by atoms with Crippen LogP contribution >= 0.6 is 11.8 Å². The molecule has 0 aliphatic rings. The van der Waals surface area contributed by atoms with Gasteiger partial charge in [0.1, 0.15) is 0 Å². The van der Waals surface area contributed by atoms with Crippen molar-refractivity contribution in [3.05, 3.63) is 77.8 Å². The summed E-state index contributed by atoms with van der Waals surface area (Å²) in [5.41, 5.74) is 2.27. The van der Waals surface area contributed by atoms with Crippen LogP contribution in [0.3, 0.4) is 0 Å². The van der Waals surface area contributed by atoms with Crippen LogP contribution in [0.25, 0.3) is 17.0 Å². The monoisotopic (exact) mass is 263 g/mol. The molecule has 19 heavy (non-hydrogen) atoms. The highest BCUT2D eigenvalue weighted by molar-refractivity contribution is 8.02. The summed E-state index contributed by atoms with van der Waals surface area (Å²) in [6.45, 7) is 0. The molecule has 2 aromatic carbocycles. The average Bonchev–Trinajstić information content (AvgIpc) is 2.49. The molecule has 1 nitrogen and oxygen atoms in total. The third kappa shape index (κ3) is 2.85. The first-order valence-corrected chi connectivity index (χ1v) is 7.03. The summed E-state index contributed by atoms with van der Waals surface area (Å²) in [7, 11) is 0. The van der Waals surface area contributed by atoms with Crippen molar-refractivity contribution in [3.8, 4) is 0 Å². The fourth-order valence-corrected chi connectivity index (χ4v) is 2.73. The smallest absolute Gasteiger partial charge is 0.0841 e. The quantitative estimate of drug-likeness (QED) is 0.617. The van der Waals surface area contributed by atoms with E-state index < -0.39 is 0 Å². The standard InChI is InChI=1S/C17H13NS/c1-2-6-14(7-3-1)11-13-19-16-10-4-8-15-9-5-12-18-17(15)16/h1-13H/b13-11-. The summed E-state index contributed by atoms with van der Waals surface area (Å²) in [4.78, 5) is 5.64. The van der Waals surface area contributed by atoms with Crippen LogP contribution in [0.4, 0.5) is 0 Å². The Morgan fingerprint density at radius 2 is 1.68 bits per heavy atom. The number of para-hydroxylation sites is 1. The normalized spacial score (nSPS) is 11.2. The molecule has 3 rings (SSSR count). The summed E-state index contributed by atoms with van der Waals surface area (Å²) < 4.78 is 0. The van der Waals surface area contributed by atoms with Gasteiger partial charge in [-0.2, -0.15) is 0 Å². The maximum absolute atomic E-state index is 4.45. The molecule has 0 bridgehead atoms. The number of fused-ring (bicyclic) bond motifs is 1. The fraction of sp³-hybridized carbons (Fsp3) is 0. The van der Waals surface area contributed by atoms with E-state index >= 15 is 0 Å². The second kappa shape index (κ2) is 5.72. The van der Waals surface area contributed by atoms with Gasteiger partial charge in [-0.1, -0.05) is 60.3 Å². The molecular formula is C17H13NS. The van der Waals surface area contributed by atoms with Crippen LogP contribution < -0.4 is 0 Å². The number of pyridine rings is 1. The number of hydrogen-bond acceptors (Lipinski definition) is 2. The minimum absolute atomic E-state index is 1.06. The van der Waals surface area contributed by atoms with Crippen LogP contribution in [0.1, 0.15) is 5.56 Å². The lowest BCUT2D eigenvalue weighted by Gasteiger charge is -2.01. The SMILES string of the molecule is C(=C/c1ccccc1)/Sc1cccc2cccnc12. The molecule has 3 aromatic rings. The van der Waals surface area contributed by atoms with Crippen LogP contribution in [0.2, 0.25) is 0 Å². The summed E-state index contributed by atoms with van der Waals surface area (Å²) in [6, 6.07) is 20.6. The molecular weight excluding hydrogens is 250 g/mol. The lowest BCUT2D eigenvalue weighted by molar-refractivity contribution is 1.35. The van der Waals surface area contributed by atoms with E-state index in [1.165, 1.54) is 15.8 Å². The summed E-state index contributed by atoms with van der Waals surface area (Å²) in [5.74, 6) is 0. The van der Waals surface area contributed by atoms with Crippen LogP contribution in [-0.2, 0) is 0 Å². The third-order valence-corrected chi connectivity index (χ3v) is 3.71.